The molecular formula is C23H22N2O9S2. The first kappa shape index (κ1) is 26.5. The molecular weight excluding hydrogens is 512 g/mol. The second-order valence-electron chi connectivity index (χ2n) is 7.56. The number of ether oxygens (including phenoxy) is 1. The Morgan fingerprint density at radius 2 is 1.17 bits per heavy atom. The average molecular weight is 535 g/mol. The third-order valence-electron chi connectivity index (χ3n) is 4.86. The summed E-state index contributed by atoms with van der Waals surface area (Å²) in [5.41, 5.74) is 1.24. The van der Waals surface area contributed by atoms with Crippen molar-refractivity contribution in [2.75, 3.05) is 16.6 Å². The average Bonchev–Trinajstić information content (AvgIpc) is 2.80. The molecule has 0 radical (unpaired) electrons. The van der Waals surface area contributed by atoms with Crippen LogP contribution < -0.4 is 14.2 Å². The first-order valence-corrected chi connectivity index (χ1v) is 13.2. The molecule has 0 atom stereocenters. The zero-order valence-corrected chi connectivity index (χ0v) is 20.5. The van der Waals surface area contributed by atoms with Crippen LogP contribution in [0.3, 0.4) is 0 Å². The number of carboxylic acid groups (broad SMARTS) is 2. The molecule has 3 rings (SSSR count). The van der Waals surface area contributed by atoms with Crippen LogP contribution in [0.4, 0.5) is 11.4 Å². The SMILES string of the molecule is COc1ccc(S(=O)(=O)Nc2ccc(CC(=O)O)cc2)cc1S(=O)(=O)Nc1ccc(CC(=O)O)cc1. The van der Waals surface area contributed by atoms with Crippen LogP contribution in [0.5, 0.6) is 5.75 Å². The molecule has 4 N–H and O–H groups in total. The molecule has 0 saturated heterocycles. The first-order chi connectivity index (χ1) is 16.9. The summed E-state index contributed by atoms with van der Waals surface area (Å²) in [7, 11) is -7.28. The molecule has 11 nitrogen and oxygen atoms in total. The maximum Gasteiger partial charge on any atom is 0.307 e. The van der Waals surface area contributed by atoms with Crippen LogP contribution >= 0.6 is 0 Å². The van der Waals surface area contributed by atoms with Crippen LogP contribution in [0.25, 0.3) is 0 Å². The van der Waals surface area contributed by atoms with E-state index in [-0.39, 0.29) is 34.9 Å². The molecule has 0 saturated carbocycles. The van der Waals surface area contributed by atoms with E-state index in [2.05, 4.69) is 9.44 Å². The minimum absolute atomic E-state index is 0.0954. The van der Waals surface area contributed by atoms with Crippen molar-refractivity contribution in [1.82, 2.24) is 0 Å². The van der Waals surface area contributed by atoms with Gasteiger partial charge in [-0.25, -0.2) is 16.8 Å². The van der Waals surface area contributed by atoms with Gasteiger partial charge in [-0.15, -0.1) is 0 Å². The number of anilines is 2. The van der Waals surface area contributed by atoms with E-state index in [0.717, 1.165) is 6.07 Å². The molecule has 0 unspecified atom stereocenters. The van der Waals surface area contributed by atoms with Crippen molar-refractivity contribution >= 4 is 43.4 Å². The molecule has 0 aliphatic carbocycles. The molecule has 36 heavy (non-hydrogen) atoms. The summed E-state index contributed by atoms with van der Waals surface area (Å²) in [5.74, 6) is -2.15. The highest BCUT2D eigenvalue weighted by Crippen LogP contribution is 2.29. The van der Waals surface area contributed by atoms with Gasteiger partial charge in [0.05, 0.1) is 24.8 Å². The molecule has 13 heteroatoms. The normalized spacial score (nSPS) is 11.5. The number of carboxylic acids is 2. The third-order valence-corrected chi connectivity index (χ3v) is 7.64. The fraction of sp³-hybridized carbons (Fsp3) is 0.130. The van der Waals surface area contributed by atoms with Crippen molar-refractivity contribution in [3.8, 4) is 5.75 Å². The summed E-state index contributed by atoms with van der Waals surface area (Å²) >= 11 is 0. The first-order valence-electron chi connectivity index (χ1n) is 10.2. The van der Waals surface area contributed by atoms with E-state index >= 15 is 0 Å². The Hall–Kier alpha value is -4.10. The van der Waals surface area contributed by atoms with Crippen LogP contribution in [0.1, 0.15) is 11.1 Å². The van der Waals surface area contributed by atoms with Crippen molar-refractivity contribution in [1.29, 1.82) is 0 Å². The van der Waals surface area contributed by atoms with E-state index in [9.17, 15) is 26.4 Å². The lowest BCUT2D eigenvalue weighted by Gasteiger charge is -2.14. The van der Waals surface area contributed by atoms with Crippen molar-refractivity contribution in [3.05, 3.63) is 77.9 Å². The number of methoxy groups -OCH3 is 1. The zero-order chi connectivity index (χ0) is 26.5. The van der Waals surface area contributed by atoms with Gasteiger partial charge in [0, 0.05) is 11.4 Å². The number of sulfonamides is 2. The van der Waals surface area contributed by atoms with Gasteiger partial charge in [-0.2, -0.15) is 0 Å². The van der Waals surface area contributed by atoms with Crippen LogP contribution in [-0.2, 0) is 42.5 Å². The number of hydrogen-bond donors (Lipinski definition) is 4. The van der Waals surface area contributed by atoms with Crippen LogP contribution in [0.2, 0.25) is 0 Å². The Morgan fingerprint density at radius 3 is 1.58 bits per heavy atom. The second-order valence-corrected chi connectivity index (χ2v) is 10.9. The summed E-state index contributed by atoms with van der Waals surface area (Å²) in [6.45, 7) is 0. The monoisotopic (exact) mass is 534 g/mol. The van der Waals surface area contributed by atoms with E-state index in [1.807, 2.05) is 0 Å². The standard InChI is InChI=1S/C23H22N2O9S2/c1-34-20-11-10-19(35(30,31)24-17-6-2-15(3-7-17)12-22(26)27)14-21(20)36(32,33)25-18-8-4-16(5-9-18)13-23(28)29/h2-11,14,24-25H,12-13H2,1H3,(H,26,27)(H,28,29). The quantitative estimate of drug-likeness (QED) is 0.288. The van der Waals surface area contributed by atoms with E-state index in [4.69, 9.17) is 14.9 Å². The highest BCUT2D eigenvalue weighted by Gasteiger charge is 2.24. The van der Waals surface area contributed by atoms with Crippen LogP contribution in [-0.4, -0.2) is 46.1 Å². The maximum absolute atomic E-state index is 13.1. The van der Waals surface area contributed by atoms with Crippen molar-refractivity contribution < 1.29 is 41.4 Å². The molecule has 0 fully saturated rings. The van der Waals surface area contributed by atoms with E-state index in [0.29, 0.717) is 11.1 Å². The summed E-state index contributed by atoms with van der Waals surface area (Å²) in [6.07, 6.45) is -0.446. The molecule has 0 aliphatic heterocycles. The number of rotatable bonds is 11. The van der Waals surface area contributed by atoms with Crippen molar-refractivity contribution in [2.45, 2.75) is 22.6 Å². The second kappa shape index (κ2) is 10.7. The van der Waals surface area contributed by atoms with Gasteiger partial charge in [-0.1, -0.05) is 24.3 Å². The van der Waals surface area contributed by atoms with E-state index in [1.54, 1.807) is 0 Å². The number of benzene rings is 3. The molecule has 0 aliphatic rings. The number of aliphatic carboxylic acids is 2. The van der Waals surface area contributed by atoms with Crippen molar-refractivity contribution in [2.24, 2.45) is 0 Å². The molecule has 190 valence electrons. The summed E-state index contributed by atoms with van der Waals surface area (Å²) in [6, 6.07) is 14.7. The number of nitrogens with one attached hydrogen (secondary N) is 2. The predicted octanol–water partition coefficient (Wildman–Crippen LogP) is 2.55. The highest BCUT2D eigenvalue weighted by molar-refractivity contribution is 7.93. The van der Waals surface area contributed by atoms with E-state index < -0.39 is 36.9 Å². The van der Waals surface area contributed by atoms with Crippen molar-refractivity contribution in [3.63, 3.8) is 0 Å². The van der Waals surface area contributed by atoms with Crippen LogP contribution in [0, 0.1) is 0 Å². The summed E-state index contributed by atoms with van der Waals surface area (Å²) in [5, 5.41) is 17.7. The smallest absolute Gasteiger partial charge is 0.307 e. The predicted molar refractivity (Wildman–Crippen MR) is 130 cm³/mol. The number of carbonyl (C=O) groups is 2. The lowest BCUT2D eigenvalue weighted by Crippen LogP contribution is -2.17. The lowest BCUT2D eigenvalue weighted by molar-refractivity contribution is -0.137. The summed E-state index contributed by atoms with van der Waals surface area (Å²) < 4.78 is 61.7. The maximum atomic E-state index is 13.1. The summed E-state index contributed by atoms with van der Waals surface area (Å²) in [4.78, 5) is 20.8. The topological polar surface area (TPSA) is 176 Å². The van der Waals surface area contributed by atoms with Gasteiger partial charge in [0.15, 0.2) is 0 Å². The molecule has 0 bridgehead atoms. The number of hydrogen-bond acceptors (Lipinski definition) is 7. The fourth-order valence-corrected chi connectivity index (χ4v) is 5.60. The highest BCUT2D eigenvalue weighted by atomic mass is 32.2. The molecule has 0 amide bonds. The lowest BCUT2D eigenvalue weighted by atomic mass is 10.1. The van der Waals surface area contributed by atoms with Gasteiger partial charge in [-0.05, 0) is 53.6 Å². The van der Waals surface area contributed by atoms with Gasteiger partial charge in [0.1, 0.15) is 10.6 Å². The molecule has 3 aromatic rings. The Morgan fingerprint density at radius 1 is 0.722 bits per heavy atom. The van der Waals surface area contributed by atoms with E-state index in [1.165, 1.54) is 67.8 Å². The Bertz CT molecular complexity index is 1480. The zero-order valence-electron chi connectivity index (χ0n) is 18.8. The van der Waals surface area contributed by atoms with Gasteiger partial charge in [-0.3, -0.25) is 19.0 Å². The van der Waals surface area contributed by atoms with Gasteiger partial charge < -0.3 is 14.9 Å². The molecule has 0 heterocycles. The minimum Gasteiger partial charge on any atom is -0.495 e. The molecule has 0 spiro atoms. The Balaban J connectivity index is 1.87. The van der Waals surface area contributed by atoms with Gasteiger partial charge in [0.25, 0.3) is 20.0 Å². The van der Waals surface area contributed by atoms with Crippen LogP contribution in [0.15, 0.2) is 76.5 Å². The molecule has 3 aromatic carbocycles. The Kier molecular flexibility index (Phi) is 7.85. The largest absolute Gasteiger partial charge is 0.495 e. The van der Waals surface area contributed by atoms with Gasteiger partial charge >= 0.3 is 11.9 Å². The van der Waals surface area contributed by atoms with Gasteiger partial charge in [0.2, 0.25) is 0 Å². The minimum atomic E-state index is -4.30. The Labute approximate surface area is 207 Å². The molecule has 0 aromatic heterocycles. The fourth-order valence-electron chi connectivity index (χ4n) is 3.19. The third kappa shape index (κ3) is 6.73.